The predicted molar refractivity (Wildman–Crippen MR) is 51.8 cm³/mol. The number of hydrogen-bond acceptors (Lipinski definition) is 6. The molecule has 0 radical (unpaired) electrons. The molecule has 0 aromatic carbocycles. The van der Waals surface area contributed by atoms with Crippen molar-refractivity contribution in [2.45, 2.75) is 26.1 Å². The van der Waals surface area contributed by atoms with Gasteiger partial charge in [-0.25, -0.2) is 10.2 Å². The van der Waals surface area contributed by atoms with Crippen LogP contribution >= 0.6 is 0 Å². The van der Waals surface area contributed by atoms with Crippen molar-refractivity contribution in [2.75, 3.05) is 19.9 Å². The van der Waals surface area contributed by atoms with Crippen LogP contribution in [0.3, 0.4) is 0 Å². The largest absolute Gasteiger partial charge is 0.446 e. The van der Waals surface area contributed by atoms with Crippen LogP contribution in [0, 0.1) is 0 Å². The average molecular weight is 222 g/mol. The van der Waals surface area contributed by atoms with Gasteiger partial charge >= 0.3 is 6.09 Å². The molecule has 7 nitrogen and oxygen atoms in total. The van der Waals surface area contributed by atoms with Gasteiger partial charge in [-0.2, -0.15) is 0 Å². The first-order valence-corrected chi connectivity index (χ1v) is 4.62. The number of aliphatic hydroxyl groups is 2. The lowest BCUT2D eigenvalue weighted by Crippen LogP contribution is -2.40. The van der Waals surface area contributed by atoms with Gasteiger partial charge in [-0.05, 0) is 13.8 Å². The quantitative estimate of drug-likeness (QED) is 0.249. The standard InChI is InChI=1S/C8H18N2O5/c1-6(11)3-14-5-9-10-8(13)15-4-7(2)12/h6-7,9,11-12H,3-5H2,1-2H3,(H,10,13). The molecule has 15 heavy (non-hydrogen) atoms. The second kappa shape index (κ2) is 8.42. The van der Waals surface area contributed by atoms with Crippen molar-refractivity contribution in [3.63, 3.8) is 0 Å². The first kappa shape index (κ1) is 14.1. The Morgan fingerprint density at radius 1 is 1.27 bits per heavy atom. The molecule has 0 saturated heterocycles. The number of rotatable bonds is 7. The van der Waals surface area contributed by atoms with E-state index in [1.165, 1.54) is 6.92 Å². The molecule has 2 atom stereocenters. The number of ether oxygens (including phenoxy) is 2. The number of carbonyl (C=O) groups excluding carboxylic acids is 1. The Morgan fingerprint density at radius 3 is 2.40 bits per heavy atom. The highest BCUT2D eigenvalue weighted by Gasteiger charge is 2.03. The van der Waals surface area contributed by atoms with Gasteiger partial charge in [0.15, 0.2) is 0 Å². The van der Waals surface area contributed by atoms with E-state index in [1.807, 2.05) is 0 Å². The van der Waals surface area contributed by atoms with E-state index in [0.717, 1.165) is 0 Å². The molecule has 4 N–H and O–H groups in total. The lowest BCUT2D eigenvalue weighted by molar-refractivity contribution is 0.0296. The summed E-state index contributed by atoms with van der Waals surface area (Å²) in [6, 6.07) is 0. The SMILES string of the molecule is CC(O)COCNNC(=O)OCC(C)O. The fourth-order valence-corrected chi connectivity index (χ4v) is 0.621. The van der Waals surface area contributed by atoms with E-state index in [-0.39, 0.29) is 19.9 Å². The highest BCUT2D eigenvalue weighted by Crippen LogP contribution is 1.83. The zero-order valence-electron chi connectivity index (χ0n) is 8.90. The van der Waals surface area contributed by atoms with Crippen molar-refractivity contribution < 1.29 is 24.5 Å². The molecule has 1 amide bonds. The number of amides is 1. The second-order valence-corrected chi connectivity index (χ2v) is 3.11. The van der Waals surface area contributed by atoms with E-state index in [9.17, 15) is 4.79 Å². The summed E-state index contributed by atoms with van der Waals surface area (Å²) in [5.41, 5.74) is 4.61. The molecule has 0 aliphatic rings. The molecular weight excluding hydrogens is 204 g/mol. The summed E-state index contributed by atoms with van der Waals surface area (Å²) in [7, 11) is 0. The van der Waals surface area contributed by atoms with E-state index in [2.05, 4.69) is 15.6 Å². The average Bonchev–Trinajstić information content (AvgIpc) is 2.13. The van der Waals surface area contributed by atoms with Crippen molar-refractivity contribution in [3.8, 4) is 0 Å². The van der Waals surface area contributed by atoms with Crippen molar-refractivity contribution in [2.24, 2.45) is 0 Å². The normalized spacial score (nSPS) is 14.4. The smallest absolute Gasteiger partial charge is 0.421 e. The molecule has 0 rings (SSSR count). The van der Waals surface area contributed by atoms with Crippen LogP contribution in [-0.2, 0) is 9.47 Å². The van der Waals surface area contributed by atoms with Crippen molar-refractivity contribution in [3.05, 3.63) is 0 Å². The molecule has 0 fully saturated rings. The zero-order valence-corrected chi connectivity index (χ0v) is 8.90. The summed E-state index contributed by atoms with van der Waals surface area (Å²) in [6.07, 6.45) is -1.94. The minimum absolute atomic E-state index is 0.0642. The molecule has 0 saturated carbocycles. The topological polar surface area (TPSA) is 100 Å². The molecule has 0 aromatic rings. The molecule has 0 aliphatic heterocycles. The van der Waals surface area contributed by atoms with E-state index >= 15 is 0 Å². The summed E-state index contributed by atoms with van der Waals surface area (Å²) >= 11 is 0. The number of hydrazine groups is 1. The van der Waals surface area contributed by atoms with Gasteiger partial charge in [0.1, 0.15) is 13.3 Å². The third-order valence-electron chi connectivity index (χ3n) is 1.18. The third kappa shape index (κ3) is 11.0. The fraction of sp³-hybridized carbons (Fsp3) is 0.875. The minimum Gasteiger partial charge on any atom is -0.446 e. The highest BCUT2D eigenvalue weighted by molar-refractivity contribution is 5.66. The summed E-state index contributed by atoms with van der Waals surface area (Å²) in [5, 5.41) is 17.6. The van der Waals surface area contributed by atoms with Crippen LogP contribution in [0.2, 0.25) is 0 Å². The second-order valence-electron chi connectivity index (χ2n) is 3.11. The molecular formula is C8H18N2O5. The van der Waals surface area contributed by atoms with Gasteiger partial charge in [-0.1, -0.05) is 0 Å². The van der Waals surface area contributed by atoms with Crippen molar-refractivity contribution in [1.29, 1.82) is 0 Å². The Labute approximate surface area is 88.3 Å². The minimum atomic E-state index is -0.698. The van der Waals surface area contributed by atoms with E-state index in [0.29, 0.717) is 0 Å². The lowest BCUT2D eigenvalue weighted by atomic mass is 10.4. The predicted octanol–water partition coefficient (Wildman–Crippen LogP) is -1.05. The van der Waals surface area contributed by atoms with Crippen molar-refractivity contribution >= 4 is 6.09 Å². The fourth-order valence-electron chi connectivity index (χ4n) is 0.621. The number of aliphatic hydroxyl groups excluding tert-OH is 2. The molecule has 0 heterocycles. The Balaban J connectivity index is 3.24. The maximum absolute atomic E-state index is 10.8. The monoisotopic (exact) mass is 222 g/mol. The van der Waals surface area contributed by atoms with Crippen LogP contribution in [0.5, 0.6) is 0 Å². The molecule has 90 valence electrons. The summed E-state index contributed by atoms with van der Waals surface area (Å²) < 4.78 is 9.45. The summed E-state index contributed by atoms with van der Waals surface area (Å²) in [4.78, 5) is 10.8. The molecule has 0 aromatic heterocycles. The maximum atomic E-state index is 10.8. The van der Waals surface area contributed by atoms with Crippen LogP contribution < -0.4 is 10.9 Å². The summed E-state index contributed by atoms with van der Waals surface area (Å²) in [5.74, 6) is 0. The summed E-state index contributed by atoms with van der Waals surface area (Å²) in [6.45, 7) is 3.27. The van der Waals surface area contributed by atoms with Crippen molar-refractivity contribution in [1.82, 2.24) is 10.9 Å². The molecule has 2 unspecified atom stereocenters. The van der Waals surface area contributed by atoms with Crippen LogP contribution in [-0.4, -0.2) is 48.5 Å². The van der Waals surface area contributed by atoms with Gasteiger partial charge in [-0.15, -0.1) is 0 Å². The Kier molecular flexibility index (Phi) is 7.92. The number of hydrogen-bond donors (Lipinski definition) is 4. The maximum Gasteiger partial charge on any atom is 0.421 e. The molecule has 7 heteroatoms. The lowest BCUT2D eigenvalue weighted by Gasteiger charge is -2.10. The van der Waals surface area contributed by atoms with Gasteiger partial charge in [0.05, 0.1) is 18.8 Å². The van der Waals surface area contributed by atoms with Crippen LogP contribution in [0.4, 0.5) is 4.79 Å². The van der Waals surface area contributed by atoms with Crippen LogP contribution in [0.1, 0.15) is 13.8 Å². The van der Waals surface area contributed by atoms with Crippen LogP contribution in [0.25, 0.3) is 0 Å². The van der Waals surface area contributed by atoms with Gasteiger partial charge in [0.25, 0.3) is 0 Å². The molecule has 0 spiro atoms. The first-order chi connectivity index (χ1) is 7.02. The Bertz CT molecular complexity index is 174. The highest BCUT2D eigenvalue weighted by atomic mass is 16.6. The molecule has 0 bridgehead atoms. The van der Waals surface area contributed by atoms with E-state index in [4.69, 9.17) is 14.9 Å². The van der Waals surface area contributed by atoms with Gasteiger partial charge < -0.3 is 19.7 Å². The van der Waals surface area contributed by atoms with E-state index in [1.54, 1.807) is 6.92 Å². The Hall–Kier alpha value is -0.890. The van der Waals surface area contributed by atoms with Gasteiger partial charge in [0, 0.05) is 0 Å². The van der Waals surface area contributed by atoms with Gasteiger partial charge in [-0.3, -0.25) is 5.43 Å². The molecule has 0 aliphatic carbocycles. The van der Waals surface area contributed by atoms with E-state index < -0.39 is 18.3 Å². The zero-order chi connectivity index (χ0) is 11.7. The van der Waals surface area contributed by atoms with Gasteiger partial charge in [0.2, 0.25) is 0 Å². The van der Waals surface area contributed by atoms with Crippen LogP contribution in [0.15, 0.2) is 0 Å². The Morgan fingerprint density at radius 2 is 1.87 bits per heavy atom. The third-order valence-corrected chi connectivity index (χ3v) is 1.18. The number of carbonyl (C=O) groups is 1. The number of nitrogens with one attached hydrogen (secondary N) is 2. The first-order valence-electron chi connectivity index (χ1n) is 4.62.